The number of nitrogens with one attached hydrogen (secondary N) is 1. The summed E-state index contributed by atoms with van der Waals surface area (Å²) in [6.07, 6.45) is 0.773. The molecule has 5 aromatic rings. The summed E-state index contributed by atoms with van der Waals surface area (Å²) in [5.74, 6) is -0.457. The number of esters is 1. The van der Waals surface area contributed by atoms with Crippen molar-refractivity contribution in [1.82, 2.24) is 34.7 Å². The molecule has 270 valence electrons. The summed E-state index contributed by atoms with van der Waals surface area (Å²) < 4.78 is 38.4. The molecular weight excluding hydrogens is 694 g/mol. The zero-order valence-corrected chi connectivity index (χ0v) is 29.6. The number of likely N-dealkylation sites (tertiary alicyclic amines) is 2. The number of halogens is 3. The quantitative estimate of drug-likeness (QED) is 0.155. The Balaban J connectivity index is 1.16. The number of hydrogen-bond donors (Lipinski definition) is 2. The Kier molecular flexibility index (Phi) is 10.2. The zero-order valence-electron chi connectivity index (χ0n) is 28.8. The highest BCUT2D eigenvalue weighted by Crippen LogP contribution is 2.40. The van der Waals surface area contributed by atoms with Crippen LogP contribution in [0.25, 0.3) is 33.4 Å². The first-order valence-corrected chi connectivity index (χ1v) is 17.2. The molecule has 0 spiro atoms. The van der Waals surface area contributed by atoms with E-state index in [0.29, 0.717) is 83.7 Å². The van der Waals surface area contributed by atoms with Crippen molar-refractivity contribution in [2.24, 2.45) is 5.92 Å². The highest BCUT2D eigenvalue weighted by atomic mass is 35.5. The Bertz CT molecular complexity index is 2130. The van der Waals surface area contributed by atoms with Gasteiger partial charge in [0.1, 0.15) is 11.2 Å². The first-order valence-electron chi connectivity index (χ1n) is 16.8. The van der Waals surface area contributed by atoms with E-state index >= 15 is 0 Å². The van der Waals surface area contributed by atoms with E-state index in [-0.39, 0.29) is 23.8 Å². The molecule has 12 nitrogen and oxygen atoms in total. The van der Waals surface area contributed by atoms with Gasteiger partial charge in [0.2, 0.25) is 5.88 Å². The molecule has 1 atom stereocenters. The Labute approximate surface area is 303 Å². The molecule has 0 saturated carbocycles. The number of nitrogens with zero attached hydrogens (tertiary/aromatic N) is 7. The third kappa shape index (κ3) is 7.24. The molecule has 2 aliphatic rings. The van der Waals surface area contributed by atoms with Crippen LogP contribution in [0.1, 0.15) is 35.5 Å². The molecule has 5 heterocycles. The SMILES string of the molecule is COC(=O)C1CN(Cc2ncc(-c3cccc(-c4cccc(Nc5nc(C(F)F)nc6cc(CN7CC[C@@H](O)C7)cnc56)c4C)c3Cl)nc2OC)C1. The lowest BCUT2D eigenvalue weighted by molar-refractivity contribution is -0.151. The van der Waals surface area contributed by atoms with Crippen LogP contribution < -0.4 is 10.1 Å². The van der Waals surface area contributed by atoms with E-state index in [1.54, 1.807) is 18.5 Å². The molecule has 7 rings (SSSR count). The number of fused-ring (bicyclic) bond motifs is 1. The van der Waals surface area contributed by atoms with Crippen LogP contribution in [0.4, 0.5) is 20.3 Å². The van der Waals surface area contributed by atoms with Gasteiger partial charge in [0.05, 0.1) is 48.7 Å². The van der Waals surface area contributed by atoms with Crippen LogP contribution in [-0.4, -0.2) is 92.3 Å². The van der Waals surface area contributed by atoms with Crippen molar-refractivity contribution in [3.63, 3.8) is 0 Å². The highest BCUT2D eigenvalue weighted by Gasteiger charge is 2.34. The predicted octanol–water partition coefficient (Wildman–Crippen LogP) is 5.97. The highest BCUT2D eigenvalue weighted by molar-refractivity contribution is 6.36. The molecular formula is C37H37ClF2N8O4. The molecule has 2 fully saturated rings. The molecule has 2 aliphatic heterocycles. The lowest BCUT2D eigenvalue weighted by Gasteiger charge is -2.37. The van der Waals surface area contributed by atoms with Crippen LogP contribution in [0, 0.1) is 12.8 Å². The topological polar surface area (TPSA) is 139 Å². The maximum Gasteiger partial charge on any atom is 0.311 e. The first kappa shape index (κ1) is 35.5. The molecule has 52 heavy (non-hydrogen) atoms. The maximum atomic E-state index is 14.0. The fourth-order valence-electron chi connectivity index (χ4n) is 6.72. The van der Waals surface area contributed by atoms with Crippen LogP contribution >= 0.6 is 11.6 Å². The molecule has 2 aromatic carbocycles. The standard InChI is InChI=1S/C37H37ClF2N8O4/c1-20-24(25-7-4-8-26(31(25)38)29-14-41-30(36(45-29)51-2)19-48-16-22(17-48)37(50)52-3)6-5-9-27(20)43-34-32-28(44-35(46-34)33(39)40)12-21(13-42-32)15-47-11-10-23(49)18-47/h4-9,12-14,22-23,33,49H,10-11,15-19H2,1-3H3,(H,43,44,46)/t23-/m1/s1. The Morgan fingerprint density at radius 2 is 1.77 bits per heavy atom. The maximum absolute atomic E-state index is 14.0. The number of methoxy groups -OCH3 is 2. The Hall–Kier alpha value is -4.89. The summed E-state index contributed by atoms with van der Waals surface area (Å²) in [5.41, 5.74) is 6.24. The molecule has 15 heteroatoms. The minimum atomic E-state index is -2.89. The van der Waals surface area contributed by atoms with Crippen molar-refractivity contribution in [1.29, 1.82) is 0 Å². The van der Waals surface area contributed by atoms with E-state index in [4.69, 9.17) is 26.1 Å². The summed E-state index contributed by atoms with van der Waals surface area (Å²) in [5, 5.41) is 13.6. The van der Waals surface area contributed by atoms with Gasteiger partial charge in [-0.15, -0.1) is 0 Å². The summed E-state index contributed by atoms with van der Waals surface area (Å²) in [6, 6.07) is 13.0. The van der Waals surface area contributed by atoms with Gasteiger partial charge in [0.15, 0.2) is 11.6 Å². The molecule has 0 bridgehead atoms. The third-order valence-electron chi connectivity index (χ3n) is 9.48. The number of aromatic nitrogens is 5. The summed E-state index contributed by atoms with van der Waals surface area (Å²) in [7, 11) is 2.92. The second kappa shape index (κ2) is 15.0. The second-order valence-corrected chi connectivity index (χ2v) is 13.4. The summed E-state index contributed by atoms with van der Waals surface area (Å²) >= 11 is 7.08. The molecule has 0 unspecified atom stereocenters. The largest absolute Gasteiger partial charge is 0.480 e. The average Bonchev–Trinajstić information content (AvgIpc) is 3.54. The minimum Gasteiger partial charge on any atom is -0.480 e. The van der Waals surface area contributed by atoms with Gasteiger partial charge in [-0.1, -0.05) is 41.9 Å². The fourth-order valence-corrected chi connectivity index (χ4v) is 7.04. The molecule has 2 N–H and O–H groups in total. The van der Waals surface area contributed by atoms with Gasteiger partial charge >= 0.3 is 5.97 Å². The van der Waals surface area contributed by atoms with Crippen molar-refractivity contribution in [3.05, 3.63) is 82.5 Å². The minimum absolute atomic E-state index is 0.149. The average molecular weight is 731 g/mol. The number of aliphatic hydroxyl groups is 1. The van der Waals surface area contributed by atoms with E-state index in [1.165, 1.54) is 14.2 Å². The van der Waals surface area contributed by atoms with E-state index < -0.39 is 12.2 Å². The van der Waals surface area contributed by atoms with Gasteiger partial charge in [-0.2, -0.15) is 0 Å². The Morgan fingerprint density at radius 3 is 2.50 bits per heavy atom. The van der Waals surface area contributed by atoms with Crippen molar-refractivity contribution < 1.29 is 28.2 Å². The van der Waals surface area contributed by atoms with Crippen molar-refractivity contribution >= 4 is 40.1 Å². The molecule has 0 radical (unpaired) electrons. The van der Waals surface area contributed by atoms with E-state index in [2.05, 4.69) is 35.1 Å². The number of ether oxygens (including phenoxy) is 2. The zero-order chi connectivity index (χ0) is 36.5. The van der Waals surface area contributed by atoms with Crippen LogP contribution in [0.5, 0.6) is 5.88 Å². The number of carbonyl (C=O) groups excluding carboxylic acids is 1. The van der Waals surface area contributed by atoms with Gasteiger partial charge in [0.25, 0.3) is 6.43 Å². The molecule has 2 saturated heterocycles. The lowest BCUT2D eigenvalue weighted by Crippen LogP contribution is -2.50. The number of aliphatic hydroxyl groups excluding tert-OH is 1. The fraction of sp³-hybridized carbons (Fsp3) is 0.351. The monoisotopic (exact) mass is 730 g/mol. The summed E-state index contributed by atoms with van der Waals surface area (Å²) in [6.45, 7) is 5.34. The number of hydrogen-bond acceptors (Lipinski definition) is 12. The van der Waals surface area contributed by atoms with E-state index in [9.17, 15) is 18.7 Å². The van der Waals surface area contributed by atoms with Crippen LogP contribution in [0.3, 0.4) is 0 Å². The lowest BCUT2D eigenvalue weighted by atomic mass is 9.96. The molecule has 0 amide bonds. The van der Waals surface area contributed by atoms with Gasteiger partial charge < -0.3 is 19.9 Å². The van der Waals surface area contributed by atoms with E-state index in [0.717, 1.165) is 28.8 Å². The van der Waals surface area contributed by atoms with Crippen LogP contribution in [0.2, 0.25) is 5.02 Å². The van der Waals surface area contributed by atoms with Crippen molar-refractivity contribution in [2.75, 3.05) is 45.7 Å². The van der Waals surface area contributed by atoms with Crippen LogP contribution in [-0.2, 0) is 22.6 Å². The Morgan fingerprint density at radius 1 is 1.00 bits per heavy atom. The number of carbonyl (C=O) groups is 1. The number of alkyl halides is 2. The van der Waals surface area contributed by atoms with Gasteiger partial charge in [-0.05, 0) is 42.2 Å². The third-order valence-corrected chi connectivity index (χ3v) is 9.89. The van der Waals surface area contributed by atoms with Crippen molar-refractivity contribution in [2.45, 2.75) is 39.0 Å². The molecule has 0 aliphatic carbocycles. The smallest absolute Gasteiger partial charge is 0.311 e. The number of benzene rings is 2. The van der Waals surface area contributed by atoms with E-state index in [1.807, 2.05) is 43.3 Å². The number of β-amino-alcohol motifs (C(OH)–C–C–N with tert-alkyl or cyclic N) is 1. The number of rotatable bonds is 11. The number of anilines is 2. The van der Waals surface area contributed by atoms with Gasteiger partial charge in [-0.3, -0.25) is 24.6 Å². The predicted molar refractivity (Wildman–Crippen MR) is 191 cm³/mol. The van der Waals surface area contributed by atoms with Gasteiger partial charge in [-0.25, -0.2) is 23.7 Å². The molecule has 3 aromatic heterocycles. The van der Waals surface area contributed by atoms with Gasteiger partial charge in [0, 0.05) is 62.3 Å². The van der Waals surface area contributed by atoms with Crippen molar-refractivity contribution in [3.8, 4) is 28.3 Å². The normalized spacial score (nSPS) is 16.7. The number of pyridine rings is 1. The van der Waals surface area contributed by atoms with Crippen LogP contribution in [0.15, 0.2) is 54.9 Å². The summed E-state index contributed by atoms with van der Waals surface area (Å²) in [4.78, 5) is 38.2. The first-order chi connectivity index (χ1) is 25.1. The second-order valence-electron chi connectivity index (χ2n) is 13.0.